The van der Waals surface area contributed by atoms with E-state index in [1.54, 1.807) is 0 Å². The van der Waals surface area contributed by atoms with Crippen LogP contribution in [0.3, 0.4) is 0 Å². The third-order valence-corrected chi connectivity index (χ3v) is 5.65. The highest BCUT2D eigenvalue weighted by atomic mass is 16.5. The molecule has 0 spiro atoms. The summed E-state index contributed by atoms with van der Waals surface area (Å²) in [6, 6.07) is 13.6. The topological polar surface area (TPSA) is 59.7 Å². The number of pyridine rings is 1. The smallest absolute Gasteiger partial charge is 0.203 e. The second kappa shape index (κ2) is 4.80. The first-order chi connectivity index (χ1) is 11.7. The fraction of sp³-hybridized carbons (Fsp3) is 0.368. The Balaban J connectivity index is 1.58. The minimum atomic E-state index is -0.496. The summed E-state index contributed by atoms with van der Waals surface area (Å²) in [7, 11) is 0. The molecule has 2 fully saturated rings. The zero-order valence-corrected chi connectivity index (χ0v) is 13.4. The Hall–Kier alpha value is -2.40. The zero-order valence-electron chi connectivity index (χ0n) is 13.4. The third-order valence-electron chi connectivity index (χ3n) is 5.65. The number of aromatic nitrogens is 3. The van der Waals surface area contributed by atoms with Gasteiger partial charge in [0.25, 0.3) is 0 Å². The summed E-state index contributed by atoms with van der Waals surface area (Å²) in [5.41, 5.74) is 0.192. The zero-order chi connectivity index (χ0) is 16.2. The number of ether oxygens (including phenoxy) is 1. The number of hydrogen-bond donors (Lipinski definition) is 1. The van der Waals surface area contributed by atoms with E-state index in [0.717, 1.165) is 49.3 Å². The molecule has 0 amide bonds. The van der Waals surface area contributed by atoms with E-state index >= 15 is 0 Å². The van der Waals surface area contributed by atoms with Crippen molar-refractivity contribution in [1.29, 1.82) is 0 Å². The largest absolute Gasteiger partial charge is 0.453 e. The molecule has 0 aliphatic heterocycles. The standard InChI is InChI=1S/C19H19N3O2/c23-19-10-8-18(13-19,9-11-19)17-21-20-16-15(7-4-12-22(16)17)24-14-5-2-1-3-6-14/h1-7,12,23H,8-11,13H2. The van der Waals surface area contributed by atoms with Gasteiger partial charge >= 0.3 is 0 Å². The summed E-state index contributed by atoms with van der Waals surface area (Å²) in [4.78, 5) is 0. The van der Waals surface area contributed by atoms with Crippen LogP contribution >= 0.6 is 0 Å². The van der Waals surface area contributed by atoms with Gasteiger partial charge < -0.3 is 9.84 Å². The number of nitrogens with zero attached hydrogens (tertiary/aromatic N) is 3. The van der Waals surface area contributed by atoms with Crippen molar-refractivity contribution in [2.45, 2.75) is 43.1 Å². The second-order valence-corrected chi connectivity index (χ2v) is 7.19. The normalized spacial score (nSPS) is 28.5. The molecule has 0 saturated heterocycles. The average molecular weight is 321 g/mol. The van der Waals surface area contributed by atoms with Crippen LogP contribution in [0.25, 0.3) is 5.65 Å². The number of hydrogen-bond acceptors (Lipinski definition) is 4. The fourth-order valence-electron chi connectivity index (χ4n) is 4.43. The Kier molecular flexibility index (Phi) is 2.80. The average Bonchev–Trinajstić information content (AvgIpc) is 3.27. The van der Waals surface area contributed by atoms with E-state index in [1.165, 1.54) is 0 Å². The Morgan fingerprint density at radius 3 is 2.46 bits per heavy atom. The Bertz CT molecular complexity index is 895. The Morgan fingerprint density at radius 2 is 1.75 bits per heavy atom. The Labute approximate surface area is 139 Å². The van der Waals surface area contributed by atoms with Crippen molar-refractivity contribution in [2.24, 2.45) is 0 Å². The molecule has 5 heteroatoms. The van der Waals surface area contributed by atoms with Crippen LogP contribution in [0.2, 0.25) is 0 Å². The number of rotatable bonds is 3. The van der Waals surface area contributed by atoms with Gasteiger partial charge in [0.2, 0.25) is 5.65 Å². The van der Waals surface area contributed by atoms with Crippen LogP contribution in [0.4, 0.5) is 0 Å². The molecule has 2 aliphatic carbocycles. The first-order valence-electron chi connectivity index (χ1n) is 8.47. The van der Waals surface area contributed by atoms with Crippen molar-refractivity contribution >= 4 is 5.65 Å². The predicted molar refractivity (Wildman–Crippen MR) is 89.2 cm³/mol. The molecule has 1 aromatic carbocycles. The second-order valence-electron chi connectivity index (χ2n) is 7.19. The molecule has 2 aromatic heterocycles. The maximum absolute atomic E-state index is 10.5. The number of para-hydroxylation sites is 1. The highest BCUT2D eigenvalue weighted by molar-refractivity contribution is 5.55. The van der Waals surface area contributed by atoms with E-state index in [2.05, 4.69) is 10.2 Å². The summed E-state index contributed by atoms with van der Waals surface area (Å²) in [5, 5.41) is 19.4. The van der Waals surface area contributed by atoms with Gasteiger partial charge in [-0.2, -0.15) is 0 Å². The molecular formula is C19H19N3O2. The molecule has 2 heterocycles. The summed E-state index contributed by atoms with van der Waals surface area (Å²) in [6.07, 6.45) is 6.48. The minimum Gasteiger partial charge on any atom is -0.453 e. The summed E-state index contributed by atoms with van der Waals surface area (Å²) >= 11 is 0. The van der Waals surface area contributed by atoms with Crippen molar-refractivity contribution in [3.63, 3.8) is 0 Å². The van der Waals surface area contributed by atoms with Crippen molar-refractivity contribution < 1.29 is 9.84 Å². The third kappa shape index (κ3) is 1.97. The lowest BCUT2D eigenvalue weighted by molar-refractivity contribution is 0.0521. The molecule has 122 valence electrons. The molecule has 0 atom stereocenters. The minimum absolute atomic E-state index is 0.0421. The molecule has 3 aromatic rings. The highest BCUT2D eigenvalue weighted by Crippen LogP contribution is 2.57. The summed E-state index contributed by atoms with van der Waals surface area (Å²) in [5.74, 6) is 2.44. The van der Waals surface area contributed by atoms with Crippen molar-refractivity contribution in [3.8, 4) is 11.5 Å². The van der Waals surface area contributed by atoms with Crippen LogP contribution in [0.15, 0.2) is 48.7 Å². The quantitative estimate of drug-likeness (QED) is 0.802. The molecule has 5 nitrogen and oxygen atoms in total. The van der Waals surface area contributed by atoms with Crippen molar-refractivity contribution in [3.05, 3.63) is 54.5 Å². The van der Waals surface area contributed by atoms with E-state index in [-0.39, 0.29) is 5.41 Å². The molecule has 2 aliphatic rings. The van der Waals surface area contributed by atoms with Crippen LogP contribution in [0, 0.1) is 0 Å². The van der Waals surface area contributed by atoms with Gasteiger partial charge in [-0.05, 0) is 56.4 Å². The van der Waals surface area contributed by atoms with Gasteiger partial charge in [-0.15, -0.1) is 10.2 Å². The van der Waals surface area contributed by atoms with E-state index in [1.807, 2.05) is 53.1 Å². The van der Waals surface area contributed by atoms with Crippen LogP contribution in [-0.2, 0) is 5.41 Å². The lowest BCUT2D eigenvalue weighted by Gasteiger charge is -2.24. The Morgan fingerprint density at radius 1 is 0.958 bits per heavy atom. The number of benzene rings is 1. The van der Waals surface area contributed by atoms with E-state index in [4.69, 9.17) is 4.74 Å². The van der Waals surface area contributed by atoms with Crippen LogP contribution < -0.4 is 4.74 Å². The number of fused-ring (bicyclic) bond motifs is 3. The van der Waals surface area contributed by atoms with E-state index in [0.29, 0.717) is 5.75 Å². The van der Waals surface area contributed by atoms with Crippen LogP contribution in [0.5, 0.6) is 11.5 Å². The van der Waals surface area contributed by atoms with E-state index in [9.17, 15) is 5.11 Å². The van der Waals surface area contributed by atoms with E-state index < -0.39 is 5.60 Å². The molecule has 0 unspecified atom stereocenters. The molecular weight excluding hydrogens is 302 g/mol. The van der Waals surface area contributed by atoms with Crippen molar-refractivity contribution in [1.82, 2.24) is 14.6 Å². The highest BCUT2D eigenvalue weighted by Gasteiger charge is 2.56. The fourth-order valence-corrected chi connectivity index (χ4v) is 4.43. The maximum Gasteiger partial charge on any atom is 0.203 e. The summed E-state index contributed by atoms with van der Waals surface area (Å²) in [6.45, 7) is 0. The first-order valence-corrected chi connectivity index (χ1v) is 8.47. The van der Waals surface area contributed by atoms with Crippen LogP contribution in [-0.4, -0.2) is 25.3 Å². The lowest BCUT2D eigenvalue weighted by Crippen LogP contribution is -2.23. The van der Waals surface area contributed by atoms with Gasteiger partial charge in [0.05, 0.1) is 5.60 Å². The van der Waals surface area contributed by atoms with Gasteiger partial charge in [-0.3, -0.25) is 4.40 Å². The molecule has 24 heavy (non-hydrogen) atoms. The first kappa shape index (κ1) is 14.0. The van der Waals surface area contributed by atoms with Crippen molar-refractivity contribution in [2.75, 3.05) is 0 Å². The molecule has 2 saturated carbocycles. The maximum atomic E-state index is 10.5. The predicted octanol–water partition coefficient (Wildman–Crippen LogP) is 3.47. The van der Waals surface area contributed by atoms with Gasteiger partial charge in [0.1, 0.15) is 11.6 Å². The molecule has 0 radical (unpaired) electrons. The summed E-state index contributed by atoms with van der Waals surface area (Å²) < 4.78 is 8.03. The van der Waals surface area contributed by atoms with Gasteiger partial charge in [-0.25, -0.2) is 0 Å². The molecule has 5 rings (SSSR count). The molecule has 1 N–H and O–H groups in total. The van der Waals surface area contributed by atoms with Gasteiger partial charge in [-0.1, -0.05) is 18.2 Å². The monoisotopic (exact) mass is 321 g/mol. The van der Waals surface area contributed by atoms with Gasteiger partial charge in [0.15, 0.2) is 5.75 Å². The van der Waals surface area contributed by atoms with Crippen LogP contribution in [0.1, 0.15) is 37.9 Å². The lowest BCUT2D eigenvalue weighted by atomic mass is 9.83. The number of aliphatic hydroxyl groups is 1. The SMILES string of the molecule is OC12CCC(c3nnc4c(Oc5ccccc5)cccn34)(CC1)C2. The van der Waals surface area contributed by atoms with Gasteiger partial charge in [0, 0.05) is 11.6 Å². The molecule has 2 bridgehead atoms.